The van der Waals surface area contributed by atoms with Crippen LogP contribution in [0.25, 0.3) is 5.65 Å². The van der Waals surface area contributed by atoms with E-state index in [0.717, 1.165) is 43.0 Å². The summed E-state index contributed by atoms with van der Waals surface area (Å²) in [7, 11) is 0. The summed E-state index contributed by atoms with van der Waals surface area (Å²) in [5, 5.41) is 7.51. The van der Waals surface area contributed by atoms with Crippen LogP contribution in [0.15, 0.2) is 17.1 Å². The molecule has 8 heteroatoms. The van der Waals surface area contributed by atoms with Gasteiger partial charge in [-0.15, -0.1) is 0 Å². The molecule has 0 spiro atoms. The largest absolute Gasteiger partial charge is 0.338 e. The zero-order chi connectivity index (χ0) is 20.0. The first-order valence-electron chi connectivity index (χ1n) is 9.81. The van der Waals surface area contributed by atoms with Crippen LogP contribution >= 0.6 is 0 Å². The summed E-state index contributed by atoms with van der Waals surface area (Å²) in [5.74, 6) is 0.181. The highest BCUT2D eigenvalue weighted by molar-refractivity contribution is 5.95. The average Bonchev–Trinajstić information content (AvgIpc) is 3.29. The van der Waals surface area contributed by atoms with Gasteiger partial charge in [0.1, 0.15) is 0 Å². The third-order valence-electron chi connectivity index (χ3n) is 5.89. The number of likely N-dealkylation sites (tertiary alicyclic amines) is 1. The second-order valence-electron chi connectivity index (χ2n) is 7.58. The number of nitrogens with zero attached hydrogens (tertiary/aromatic N) is 5. The van der Waals surface area contributed by atoms with Gasteiger partial charge in [-0.3, -0.25) is 19.4 Å². The molecule has 148 valence electrons. The van der Waals surface area contributed by atoms with Crippen molar-refractivity contribution in [1.29, 1.82) is 0 Å². The molecule has 0 radical (unpaired) electrons. The summed E-state index contributed by atoms with van der Waals surface area (Å²) in [5.41, 5.74) is 4.49. The molecule has 1 amide bonds. The van der Waals surface area contributed by atoms with E-state index < -0.39 is 0 Å². The number of aromatic amines is 1. The Kier molecular flexibility index (Phi) is 4.56. The number of fused-ring (bicyclic) bond motifs is 1. The molecule has 1 aliphatic rings. The number of H-pyrrole nitrogens is 1. The van der Waals surface area contributed by atoms with E-state index in [-0.39, 0.29) is 17.4 Å². The average molecular weight is 382 g/mol. The van der Waals surface area contributed by atoms with Crippen LogP contribution in [0.1, 0.15) is 58.7 Å². The van der Waals surface area contributed by atoms with E-state index >= 15 is 0 Å². The predicted octanol–water partition coefficient (Wildman–Crippen LogP) is 2.18. The number of hydrogen-bond donors (Lipinski definition) is 1. The summed E-state index contributed by atoms with van der Waals surface area (Å²) < 4.78 is 3.35. The molecule has 4 heterocycles. The topological polar surface area (TPSA) is 88.3 Å². The lowest BCUT2D eigenvalue weighted by Gasteiger charge is -2.32. The molecule has 3 aromatic heterocycles. The second-order valence-corrected chi connectivity index (χ2v) is 7.58. The molecule has 28 heavy (non-hydrogen) atoms. The zero-order valence-electron chi connectivity index (χ0n) is 16.8. The standard InChI is InChI=1S/C20H26N6O2/c1-5-25-14(4)16(10-21-25)20(28)24-8-6-7-15(11-24)17-9-18-22-13(3)12(2)19(27)26(18)23-17/h9-10,15,23H,5-8,11H2,1-4H3/t15-/m1/s1. The van der Waals surface area contributed by atoms with Gasteiger partial charge in [0.15, 0.2) is 5.65 Å². The van der Waals surface area contributed by atoms with Gasteiger partial charge in [-0.1, -0.05) is 0 Å². The third-order valence-corrected chi connectivity index (χ3v) is 5.89. The minimum absolute atomic E-state index is 0.0278. The number of nitrogens with one attached hydrogen (secondary N) is 1. The molecular weight excluding hydrogens is 356 g/mol. The van der Waals surface area contributed by atoms with Crippen LogP contribution in [0.2, 0.25) is 0 Å². The maximum absolute atomic E-state index is 13.0. The van der Waals surface area contributed by atoms with Gasteiger partial charge in [0.05, 0.1) is 11.8 Å². The summed E-state index contributed by atoms with van der Waals surface area (Å²) in [6.07, 6.45) is 3.56. The molecule has 4 rings (SSSR count). The molecule has 1 aliphatic heterocycles. The Morgan fingerprint density at radius 3 is 2.82 bits per heavy atom. The molecule has 0 unspecified atom stereocenters. The van der Waals surface area contributed by atoms with E-state index in [1.165, 1.54) is 4.52 Å². The first-order chi connectivity index (χ1) is 13.4. The van der Waals surface area contributed by atoms with Crippen molar-refractivity contribution in [2.45, 2.75) is 53.0 Å². The number of rotatable bonds is 3. The summed E-state index contributed by atoms with van der Waals surface area (Å²) >= 11 is 0. The first-order valence-corrected chi connectivity index (χ1v) is 9.81. The SMILES string of the molecule is CCn1ncc(C(=O)N2CCC[C@@H](c3cc4nc(C)c(C)c(=O)n4[nH]3)C2)c1C. The highest BCUT2D eigenvalue weighted by atomic mass is 16.2. The highest BCUT2D eigenvalue weighted by Crippen LogP contribution is 2.27. The van der Waals surface area contributed by atoms with Crippen LogP contribution in [-0.4, -0.2) is 48.3 Å². The highest BCUT2D eigenvalue weighted by Gasteiger charge is 2.28. The summed E-state index contributed by atoms with van der Waals surface area (Å²) in [6, 6.07) is 1.94. The smallest absolute Gasteiger partial charge is 0.275 e. The van der Waals surface area contributed by atoms with Gasteiger partial charge in [-0.05, 0) is 40.5 Å². The molecule has 1 atom stereocenters. The van der Waals surface area contributed by atoms with Gasteiger partial charge in [-0.25, -0.2) is 9.50 Å². The molecule has 0 aliphatic carbocycles. The van der Waals surface area contributed by atoms with E-state index in [4.69, 9.17) is 0 Å². The molecular formula is C20H26N6O2. The van der Waals surface area contributed by atoms with E-state index in [9.17, 15) is 9.59 Å². The Hall–Kier alpha value is -2.90. The van der Waals surface area contributed by atoms with E-state index in [1.54, 1.807) is 13.1 Å². The monoisotopic (exact) mass is 382 g/mol. The lowest BCUT2D eigenvalue weighted by molar-refractivity contribution is 0.0705. The molecule has 1 N–H and O–H groups in total. The van der Waals surface area contributed by atoms with Crippen molar-refractivity contribution in [2.75, 3.05) is 13.1 Å². The Balaban J connectivity index is 1.61. The van der Waals surface area contributed by atoms with Crippen molar-refractivity contribution in [3.8, 4) is 0 Å². The predicted molar refractivity (Wildman–Crippen MR) is 106 cm³/mol. The van der Waals surface area contributed by atoms with Gasteiger partial charge in [0, 0.05) is 54.3 Å². The fourth-order valence-electron chi connectivity index (χ4n) is 4.01. The summed E-state index contributed by atoms with van der Waals surface area (Å²) in [4.78, 5) is 31.9. The van der Waals surface area contributed by atoms with Crippen LogP contribution in [0.5, 0.6) is 0 Å². The Bertz CT molecular complexity index is 1110. The van der Waals surface area contributed by atoms with E-state index in [2.05, 4.69) is 15.2 Å². The number of aryl methyl sites for hydroxylation is 2. The fourth-order valence-corrected chi connectivity index (χ4v) is 4.01. The van der Waals surface area contributed by atoms with Gasteiger partial charge in [0.2, 0.25) is 0 Å². The Morgan fingerprint density at radius 2 is 2.11 bits per heavy atom. The molecule has 8 nitrogen and oxygen atoms in total. The van der Waals surface area contributed by atoms with Crippen LogP contribution in [-0.2, 0) is 6.54 Å². The lowest BCUT2D eigenvalue weighted by atomic mass is 9.94. The van der Waals surface area contributed by atoms with Crippen LogP contribution in [0.4, 0.5) is 0 Å². The Labute approximate surface area is 163 Å². The van der Waals surface area contributed by atoms with Gasteiger partial charge in [-0.2, -0.15) is 5.10 Å². The van der Waals surface area contributed by atoms with Crippen molar-refractivity contribution >= 4 is 11.6 Å². The van der Waals surface area contributed by atoms with Gasteiger partial charge >= 0.3 is 0 Å². The number of piperidine rings is 1. The third kappa shape index (κ3) is 2.93. The second kappa shape index (κ2) is 6.92. The van der Waals surface area contributed by atoms with Crippen LogP contribution in [0.3, 0.4) is 0 Å². The fraction of sp³-hybridized carbons (Fsp3) is 0.500. The normalized spacial score (nSPS) is 17.4. The number of hydrogen-bond acceptors (Lipinski definition) is 4. The first kappa shape index (κ1) is 18.5. The molecule has 0 bridgehead atoms. The molecule has 0 aromatic carbocycles. The van der Waals surface area contributed by atoms with Crippen LogP contribution < -0.4 is 5.56 Å². The van der Waals surface area contributed by atoms with E-state index in [0.29, 0.717) is 23.3 Å². The maximum Gasteiger partial charge on any atom is 0.275 e. The lowest BCUT2D eigenvalue weighted by Crippen LogP contribution is -2.39. The number of aromatic nitrogens is 5. The van der Waals surface area contributed by atoms with Crippen molar-refractivity contribution in [3.05, 3.63) is 50.8 Å². The minimum atomic E-state index is -0.0694. The van der Waals surface area contributed by atoms with Gasteiger partial charge < -0.3 is 4.90 Å². The van der Waals surface area contributed by atoms with Crippen molar-refractivity contribution in [2.24, 2.45) is 0 Å². The molecule has 0 saturated carbocycles. The maximum atomic E-state index is 13.0. The number of carbonyl (C=O) groups is 1. The molecule has 1 fully saturated rings. The van der Waals surface area contributed by atoms with Crippen molar-refractivity contribution < 1.29 is 4.79 Å². The van der Waals surface area contributed by atoms with Gasteiger partial charge in [0.25, 0.3) is 11.5 Å². The van der Waals surface area contributed by atoms with Crippen molar-refractivity contribution in [1.82, 2.24) is 29.3 Å². The summed E-state index contributed by atoms with van der Waals surface area (Å²) in [6.45, 7) is 9.70. The quantitative estimate of drug-likeness (QED) is 0.752. The number of carbonyl (C=O) groups excluding carboxylic acids is 1. The molecule has 1 saturated heterocycles. The molecule has 3 aromatic rings. The number of amides is 1. The zero-order valence-corrected chi connectivity index (χ0v) is 16.8. The van der Waals surface area contributed by atoms with E-state index in [1.807, 2.05) is 36.4 Å². The van der Waals surface area contributed by atoms with Crippen molar-refractivity contribution in [3.63, 3.8) is 0 Å². The minimum Gasteiger partial charge on any atom is -0.338 e. The Morgan fingerprint density at radius 1 is 1.32 bits per heavy atom. The van der Waals surface area contributed by atoms with Crippen LogP contribution in [0, 0.1) is 20.8 Å².